The molecule has 0 aromatic rings. The van der Waals surface area contributed by atoms with Crippen LogP contribution in [-0.4, -0.2) is 11.6 Å². The van der Waals surface area contributed by atoms with Crippen LogP contribution in [0.3, 0.4) is 0 Å². The first-order chi connectivity index (χ1) is 7.88. The first kappa shape index (κ1) is 11.2. The van der Waals surface area contributed by atoms with Gasteiger partial charge >= 0.3 is 0 Å². The SMILES string of the molecule is CC(C)=C1C[C@]2(C)C(=O)[C@@H]3[C@H]1[C@@H]2C(=O)C[C@@H]3C. The molecule has 0 amide bonds. The molecule has 3 rings (SSSR count). The van der Waals surface area contributed by atoms with E-state index in [1.807, 2.05) is 6.92 Å². The Balaban J connectivity index is 2.20. The van der Waals surface area contributed by atoms with E-state index in [-0.39, 0.29) is 29.1 Å². The van der Waals surface area contributed by atoms with E-state index in [1.165, 1.54) is 11.1 Å². The van der Waals surface area contributed by atoms with Gasteiger partial charge in [0.15, 0.2) is 0 Å². The molecule has 0 aliphatic heterocycles. The highest BCUT2D eigenvalue weighted by Gasteiger charge is 2.69. The monoisotopic (exact) mass is 232 g/mol. The summed E-state index contributed by atoms with van der Waals surface area (Å²) in [7, 11) is 0. The fourth-order valence-electron chi connectivity index (χ4n) is 4.68. The molecular weight excluding hydrogens is 212 g/mol. The number of carbonyl (C=O) groups is 2. The number of Topliss-reactive ketones (excluding diaryl/α,β-unsaturated/α-hetero) is 2. The molecule has 5 atom stereocenters. The maximum atomic E-state index is 12.5. The van der Waals surface area contributed by atoms with Crippen molar-refractivity contribution in [1.82, 2.24) is 0 Å². The van der Waals surface area contributed by atoms with Gasteiger partial charge in [-0.15, -0.1) is 0 Å². The molecule has 0 N–H and O–H groups in total. The number of ketones is 2. The maximum absolute atomic E-state index is 12.5. The molecule has 0 unspecified atom stereocenters. The van der Waals surface area contributed by atoms with Gasteiger partial charge in [-0.25, -0.2) is 0 Å². The van der Waals surface area contributed by atoms with Crippen LogP contribution in [-0.2, 0) is 9.59 Å². The molecular formula is C15H20O2. The van der Waals surface area contributed by atoms with E-state index in [4.69, 9.17) is 0 Å². The van der Waals surface area contributed by atoms with E-state index in [0.29, 0.717) is 18.0 Å². The summed E-state index contributed by atoms with van der Waals surface area (Å²) in [6.45, 7) is 8.34. The smallest absolute Gasteiger partial charge is 0.143 e. The fourth-order valence-corrected chi connectivity index (χ4v) is 4.68. The Kier molecular flexibility index (Phi) is 2.04. The normalized spacial score (nSPS) is 47.9. The third kappa shape index (κ3) is 1.12. The molecule has 2 heteroatoms. The van der Waals surface area contributed by atoms with Crippen LogP contribution in [0.2, 0.25) is 0 Å². The molecule has 17 heavy (non-hydrogen) atoms. The number of hydrogen-bond donors (Lipinski definition) is 0. The molecule has 4 bridgehead atoms. The van der Waals surface area contributed by atoms with Crippen LogP contribution < -0.4 is 0 Å². The van der Waals surface area contributed by atoms with Crippen molar-refractivity contribution in [2.75, 3.05) is 0 Å². The summed E-state index contributed by atoms with van der Waals surface area (Å²) in [6, 6.07) is 0. The van der Waals surface area contributed by atoms with Crippen LogP contribution in [0.1, 0.15) is 40.5 Å². The average molecular weight is 232 g/mol. The lowest BCUT2D eigenvalue weighted by Crippen LogP contribution is -2.35. The predicted octanol–water partition coefficient (Wildman–Crippen LogP) is 2.77. The van der Waals surface area contributed by atoms with Crippen LogP contribution >= 0.6 is 0 Å². The summed E-state index contributed by atoms with van der Waals surface area (Å²) >= 11 is 0. The molecule has 0 aromatic carbocycles. The van der Waals surface area contributed by atoms with E-state index in [1.54, 1.807) is 0 Å². The van der Waals surface area contributed by atoms with Gasteiger partial charge < -0.3 is 0 Å². The molecule has 0 aromatic heterocycles. The van der Waals surface area contributed by atoms with E-state index in [2.05, 4.69) is 20.8 Å². The van der Waals surface area contributed by atoms with Crippen LogP contribution in [0, 0.1) is 29.1 Å². The van der Waals surface area contributed by atoms with E-state index < -0.39 is 0 Å². The lowest BCUT2D eigenvalue weighted by atomic mass is 9.69. The summed E-state index contributed by atoms with van der Waals surface area (Å²) < 4.78 is 0. The van der Waals surface area contributed by atoms with Crippen molar-refractivity contribution >= 4 is 11.6 Å². The number of rotatable bonds is 0. The number of hydrogen-bond acceptors (Lipinski definition) is 2. The van der Waals surface area contributed by atoms with Crippen molar-refractivity contribution in [1.29, 1.82) is 0 Å². The van der Waals surface area contributed by atoms with Gasteiger partial charge in [-0.05, 0) is 26.2 Å². The Morgan fingerprint density at radius 2 is 1.88 bits per heavy atom. The third-order valence-electron chi connectivity index (χ3n) is 5.38. The molecule has 0 heterocycles. The zero-order valence-electron chi connectivity index (χ0n) is 11.0. The molecule has 2 nitrogen and oxygen atoms in total. The molecule has 3 aliphatic carbocycles. The molecule has 0 saturated heterocycles. The highest BCUT2D eigenvalue weighted by Crippen LogP contribution is 2.66. The van der Waals surface area contributed by atoms with E-state index >= 15 is 0 Å². The summed E-state index contributed by atoms with van der Waals surface area (Å²) in [5, 5.41) is 0. The van der Waals surface area contributed by atoms with Crippen LogP contribution in [0.4, 0.5) is 0 Å². The van der Waals surface area contributed by atoms with Gasteiger partial charge in [0.2, 0.25) is 0 Å². The molecule has 3 fully saturated rings. The Hall–Kier alpha value is -0.920. The molecule has 92 valence electrons. The van der Waals surface area contributed by atoms with Crippen molar-refractivity contribution < 1.29 is 9.59 Å². The Labute approximate surface area is 102 Å². The van der Waals surface area contributed by atoms with Gasteiger partial charge in [0.05, 0.1) is 0 Å². The second-order valence-electron chi connectivity index (χ2n) is 6.66. The minimum absolute atomic E-state index is 0.00102. The highest BCUT2D eigenvalue weighted by molar-refractivity contribution is 6.02. The number of allylic oxidation sites excluding steroid dienone is 2. The van der Waals surface area contributed by atoms with Crippen molar-refractivity contribution in [3.05, 3.63) is 11.1 Å². The van der Waals surface area contributed by atoms with Gasteiger partial charge in [-0.3, -0.25) is 9.59 Å². The first-order valence-electron chi connectivity index (χ1n) is 6.61. The maximum Gasteiger partial charge on any atom is 0.143 e. The second-order valence-corrected chi connectivity index (χ2v) is 6.66. The molecule has 0 spiro atoms. The van der Waals surface area contributed by atoms with Crippen molar-refractivity contribution in [3.63, 3.8) is 0 Å². The zero-order chi connectivity index (χ0) is 12.5. The topological polar surface area (TPSA) is 34.1 Å². The fraction of sp³-hybridized carbons (Fsp3) is 0.733. The summed E-state index contributed by atoms with van der Waals surface area (Å²) in [5.41, 5.74) is 2.36. The van der Waals surface area contributed by atoms with Crippen molar-refractivity contribution in [2.24, 2.45) is 29.1 Å². The lowest BCUT2D eigenvalue weighted by molar-refractivity contribution is -0.132. The van der Waals surface area contributed by atoms with Gasteiger partial charge in [-0.2, -0.15) is 0 Å². The van der Waals surface area contributed by atoms with E-state index in [0.717, 1.165) is 6.42 Å². The molecule has 3 aliphatic rings. The second kappa shape index (κ2) is 3.09. The Bertz CT molecular complexity index is 456. The Morgan fingerprint density at radius 1 is 1.24 bits per heavy atom. The van der Waals surface area contributed by atoms with E-state index in [9.17, 15) is 9.59 Å². The van der Waals surface area contributed by atoms with Crippen molar-refractivity contribution in [2.45, 2.75) is 40.5 Å². The lowest BCUT2D eigenvalue weighted by Gasteiger charge is -2.33. The summed E-state index contributed by atoms with van der Waals surface area (Å²) in [6.07, 6.45) is 1.45. The minimum atomic E-state index is -0.371. The van der Waals surface area contributed by atoms with Crippen LogP contribution in [0.25, 0.3) is 0 Å². The summed E-state index contributed by atoms with van der Waals surface area (Å²) in [4.78, 5) is 24.8. The van der Waals surface area contributed by atoms with Gasteiger partial charge in [0, 0.05) is 29.6 Å². The van der Waals surface area contributed by atoms with Gasteiger partial charge in [0.1, 0.15) is 11.6 Å². The minimum Gasteiger partial charge on any atom is -0.299 e. The van der Waals surface area contributed by atoms with Gasteiger partial charge in [0.25, 0.3) is 0 Å². The number of carbonyl (C=O) groups excluding carboxylic acids is 2. The summed E-state index contributed by atoms with van der Waals surface area (Å²) in [5.74, 6) is 1.32. The van der Waals surface area contributed by atoms with Crippen molar-refractivity contribution in [3.8, 4) is 0 Å². The van der Waals surface area contributed by atoms with Crippen LogP contribution in [0.5, 0.6) is 0 Å². The largest absolute Gasteiger partial charge is 0.299 e. The quantitative estimate of drug-likeness (QED) is 0.602. The Morgan fingerprint density at radius 3 is 2.47 bits per heavy atom. The average Bonchev–Trinajstić information content (AvgIpc) is 2.61. The van der Waals surface area contributed by atoms with Gasteiger partial charge in [-0.1, -0.05) is 25.0 Å². The molecule has 0 radical (unpaired) electrons. The van der Waals surface area contributed by atoms with Crippen LogP contribution in [0.15, 0.2) is 11.1 Å². The highest BCUT2D eigenvalue weighted by atomic mass is 16.1. The third-order valence-corrected chi connectivity index (χ3v) is 5.38. The predicted molar refractivity (Wildman–Crippen MR) is 65.4 cm³/mol. The zero-order valence-corrected chi connectivity index (χ0v) is 11.0. The standard InChI is InChI=1S/C15H20O2/c1-7(2)9-6-15(4)13-10(16)5-8(3)11(12(9)13)14(15)17/h8,11-13H,5-6H2,1-4H3/t8-,11-,12-,13-,15-/m0/s1. The first-order valence-corrected chi connectivity index (χ1v) is 6.61. The molecule has 3 saturated carbocycles.